The van der Waals surface area contributed by atoms with Crippen LogP contribution in [0.2, 0.25) is 0 Å². The van der Waals surface area contributed by atoms with E-state index >= 15 is 0 Å². The average molecular weight is 432 g/mol. The van der Waals surface area contributed by atoms with E-state index in [1.807, 2.05) is 36.4 Å². The highest BCUT2D eigenvalue weighted by molar-refractivity contribution is 9.10. The van der Waals surface area contributed by atoms with Gasteiger partial charge in [0.2, 0.25) is 5.91 Å². The van der Waals surface area contributed by atoms with Crippen molar-refractivity contribution in [3.63, 3.8) is 0 Å². The Morgan fingerprint density at radius 3 is 2.59 bits per heavy atom. The van der Waals surface area contributed by atoms with Gasteiger partial charge in [0.1, 0.15) is 12.7 Å². The van der Waals surface area contributed by atoms with Gasteiger partial charge in [-0.25, -0.2) is 0 Å². The summed E-state index contributed by atoms with van der Waals surface area (Å²) in [5.41, 5.74) is 1.87. The molecule has 0 bridgehead atoms. The third-order valence-corrected chi connectivity index (χ3v) is 4.43. The van der Waals surface area contributed by atoms with Crippen LogP contribution in [-0.4, -0.2) is 37.4 Å². The zero-order valence-corrected chi connectivity index (χ0v) is 16.7. The van der Waals surface area contributed by atoms with E-state index in [1.54, 1.807) is 13.2 Å². The number of hydrogen-bond donors (Lipinski definition) is 2. The number of aliphatic hydroxyl groups is 1. The first-order chi connectivity index (χ1) is 13.0. The fourth-order valence-corrected chi connectivity index (χ4v) is 2.75. The molecule has 2 aromatic rings. The van der Waals surface area contributed by atoms with Crippen LogP contribution in [0.5, 0.6) is 11.5 Å². The van der Waals surface area contributed by atoms with Gasteiger partial charge in [0.05, 0.1) is 7.11 Å². The Morgan fingerprint density at radius 1 is 1.22 bits per heavy atom. The lowest BCUT2D eigenvalue weighted by atomic mass is 10.1. The lowest BCUT2D eigenvalue weighted by Gasteiger charge is -2.13. The standard InChI is InChI=1S/C21H22BrNO4/c1-3-12-27-19-9-6-16(14-20(19)26-2)10-11-23-21(25)18(24)13-15-4-7-17(22)8-5-15/h1,4-9,14,18,24H,10-13H2,2H3,(H,23,25)/t18-/m1/s1. The molecule has 1 amide bonds. The number of methoxy groups -OCH3 is 1. The van der Waals surface area contributed by atoms with Gasteiger partial charge in [0.15, 0.2) is 11.5 Å². The van der Waals surface area contributed by atoms with Crippen molar-refractivity contribution in [2.24, 2.45) is 0 Å². The Hall–Kier alpha value is -2.49. The second kappa shape index (κ2) is 10.6. The summed E-state index contributed by atoms with van der Waals surface area (Å²) in [6, 6.07) is 13.0. The van der Waals surface area contributed by atoms with Crippen molar-refractivity contribution in [1.82, 2.24) is 5.32 Å². The molecule has 0 aliphatic carbocycles. The zero-order chi connectivity index (χ0) is 19.6. The maximum atomic E-state index is 12.1. The first-order valence-electron chi connectivity index (χ1n) is 8.47. The lowest BCUT2D eigenvalue weighted by molar-refractivity contribution is -0.129. The number of ether oxygens (including phenoxy) is 2. The minimum atomic E-state index is -1.08. The largest absolute Gasteiger partial charge is 0.493 e. The fraction of sp³-hybridized carbons (Fsp3) is 0.286. The van der Waals surface area contributed by atoms with Crippen LogP contribution < -0.4 is 14.8 Å². The van der Waals surface area contributed by atoms with Crippen LogP contribution in [0.15, 0.2) is 46.9 Å². The second-order valence-electron chi connectivity index (χ2n) is 5.87. The molecule has 1 atom stereocenters. The Balaban J connectivity index is 1.83. The van der Waals surface area contributed by atoms with Gasteiger partial charge < -0.3 is 19.9 Å². The molecule has 0 aromatic heterocycles. The first-order valence-corrected chi connectivity index (χ1v) is 9.26. The molecule has 0 aliphatic heterocycles. The highest BCUT2D eigenvalue weighted by Gasteiger charge is 2.15. The van der Waals surface area contributed by atoms with Crippen molar-refractivity contribution in [3.8, 4) is 23.8 Å². The number of nitrogens with one attached hydrogen (secondary N) is 1. The van der Waals surface area contributed by atoms with Gasteiger partial charge in [-0.1, -0.05) is 40.0 Å². The monoisotopic (exact) mass is 431 g/mol. The maximum Gasteiger partial charge on any atom is 0.249 e. The van der Waals surface area contributed by atoms with Crippen LogP contribution in [-0.2, 0) is 17.6 Å². The molecule has 5 nitrogen and oxygen atoms in total. The van der Waals surface area contributed by atoms with E-state index < -0.39 is 6.10 Å². The van der Waals surface area contributed by atoms with E-state index in [0.717, 1.165) is 15.6 Å². The molecule has 2 rings (SSSR count). The summed E-state index contributed by atoms with van der Waals surface area (Å²) >= 11 is 3.36. The van der Waals surface area contributed by atoms with Crippen molar-refractivity contribution in [1.29, 1.82) is 0 Å². The summed E-state index contributed by atoms with van der Waals surface area (Å²) in [6.07, 6.45) is 4.98. The topological polar surface area (TPSA) is 67.8 Å². The molecule has 2 N–H and O–H groups in total. The Bertz CT molecular complexity index is 799. The lowest BCUT2D eigenvalue weighted by Crippen LogP contribution is -2.37. The summed E-state index contributed by atoms with van der Waals surface area (Å²) < 4.78 is 11.7. The molecule has 0 radical (unpaired) electrons. The van der Waals surface area contributed by atoms with Crippen LogP contribution in [0, 0.1) is 12.3 Å². The van der Waals surface area contributed by atoms with E-state index in [4.69, 9.17) is 15.9 Å². The number of benzene rings is 2. The predicted molar refractivity (Wildman–Crippen MR) is 108 cm³/mol. The van der Waals surface area contributed by atoms with Crippen molar-refractivity contribution in [3.05, 3.63) is 58.1 Å². The van der Waals surface area contributed by atoms with Gasteiger partial charge in [0.25, 0.3) is 0 Å². The van der Waals surface area contributed by atoms with Crippen molar-refractivity contribution in [2.45, 2.75) is 18.9 Å². The van der Waals surface area contributed by atoms with Crippen LogP contribution in [0.4, 0.5) is 0 Å². The number of terminal acetylenes is 1. The van der Waals surface area contributed by atoms with E-state index in [-0.39, 0.29) is 18.9 Å². The van der Waals surface area contributed by atoms with Crippen LogP contribution in [0.3, 0.4) is 0 Å². The fourth-order valence-electron chi connectivity index (χ4n) is 2.49. The van der Waals surface area contributed by atoms with E-state index in [0.29, 0.717) is 24.5 Å². The Kier molecular flexibility index (Phi) is 8.18. The highest BCUT2D eigenvalue weighted by Crippen LogP contribution is 2.28. The Morgan fingerprint density at radius 2 is 1.93 bits per heavy atom. The summed E-state index contributed by atoms with van der Waals surface area (Å²) in [7, 11) is 1.56. The quantitative estimate of drug-likeness (QED) is 0.599. The maximum absolute atomic E-state index is 12.1. The van der Waals surface area contributed by atoms with Crippen molar-refractivity contribution >= 4 is 21.8 Å². The summed E-state index contributed by atoms with van der Waals surface area (Å²) in [5.74, 6) is 3.18. The summed E-state index contributed by atoms with van der Waals surface area (Å²) in [6.45, 7) is 0.575. The molecular weight excluding hydrogens is 410 g/mol. The predicted octanol–water partition coefficient (Wildman–Crippen LogP) is 2.73. The summed E-state index contributed by atoms with van der Waals surface area (Å²) in [4.78, 5) is 12.1. The number of hydrogen-bond acceptors (Lipinski definition) is 4. The van der Waals surface area contributed by atoms with Gasteiger partial charge in [-0.2, -0.15) is 0 Å². The zero-order valence-electron chi connectivity index (χ0n) is 15.1. The van der Waals surface area contributed by atoms with E-state index in [2.05, 4.69) is 27.2 Å². The van der Waals surface area contributed by atoms with Gasteiger partial charge in [-0.05, 0) is 41.8 Å². The third kappa shape index (κ3) is 6.63. The molecular formula is C21H22BrNO4. The molecule has 6 heteroatoms. The molecule has 0 unspecified atom stereocenters. The number of amides is 1. The van der Waals surface area contributed by atoms with Crippen LogP contribution >= 0.6 is 15.9 Å². The SMILES string of the molecule is C#CCOc1ccc(CCNC(=O)[C@H](O)Cc2ccc(Br)cc2)cc1OC. The highest BCUT2D eigenvalue weighted by atomic mass is 79.9. The van der Waals surface area contributed by atoms with E-state index in [1.165, 1.54) is 0 Å². The van der Waals surface area contributed by atoms with Crippen LogP contribution in [0.25, 0.3) is 0 Å². The average Bonchev–Trinajstić information content (AvgIpc) is 2.68. The van der Waals surface area contributed by atoms with Crippen molar-refractivity contribution in [2.75, 3.05) is 20.3 Å². The normalized spacial score (nSPS) is 11.3. The molecule has 0 heterocycles. The number of carbonyl (C=O) groups excluding carboxylic acids is 1. The molecule has 0 fully saturated rings. The van der Waals surface area contributed by atoms with Crippen LogP contribution in [0.1, 0.15) is 11.1 Å². The van der Waals surface area contributed by atoms with Gasteiger partial charge >= 0.3 is 0 Å². The number of halogens is 1. The third-order valence-electron chi connectivity index (χ3n) is 3.90. The minimum absolute atomic E-state index is 0.169. The summed E-state index contributed by atoms with van der Waals surface area (Å²) in [5, 5.41) is 12.8. The molecule has 2 aromatic carbocycles. The van der Waals surface area contributed by atoms with E-state index in [9.17, 15) is 9.90 Å². The van der Waals surface area contributed by atoms with Gasteiger partial charge in [-0.3, -0.25) is 4.79 Å². The second-order valence-corrected chi connectivity index (χ2v) is 6.78. The molecule has 0 spiro atoms. The van der Waals surface area contributed by atoms with Crippen molar-refractivity contribution < 1.29 is 19.4 Å². The number of aliphatic hydroxyl groups excluding tert-OH is 1. The molecule has 0 saturated heterocycles. The smallest absolute Gasteiger partial charge is 0.249 e. The molecule has 27 heavy (non-hydrogen) atoms. The number of carbonyl (C=O) groups is 1. The molecule has 0 saturated carbocycles. The molecule has 142 valence electrons. The first kappa shape index (κ1) is 20.8. The molecule has 0 aliphatic rings. The number of rotatable bonds is 9. The van der Waals surface area contributed by atoms with Gasteiger partial charge in [0, 0.05) is 17.4 Å². The minimum Gasteiger partial charge on any atom is -0.493 e. The Labute approximate surface area is 167 Å². The van der Waals surface area contributed by atoms with Gasteiger partial charge in [-0.15, -0.1) is 6.42 Å².